The summed E-state index contributed by atoms with van der Waals surface area (Å²) in [5.41, 5.74) is 2.18. The van der Waals surface area contributed by atoms with Crippen LogP contribution in [0.15, 0.2) is 12.3 Å². The zero-order valence-corrected chi connectivity index (χ0v) is 9.35. The van der Waals surface area contributed by atoms with Crippen LogP contribution in [0.25, 0.3) is 0 Å². The number of aryl methyl sites for hydroxylation is 2. The predicted molar refractivity (Wildman–Crippen MR) is 56.8 cm³/mol. The summed E-state index contributed by atoms with van der Waals surface area (Å²) in [4.78, 5) is 4.07. The number of sulfonamides is 1. The van der Waals surface area contributed by atoms with Gasteiger partial charge in [0.25, 0.3) is 0 Å². The molecule has 0 aromatic carbocycles. The van der Waals surface area contributed by atoms with Crippen LogP contribution in [-0.2, 0) is 10.0 Å². The molecule has 5 heteroatoms. The Kier molecular flexibility index (Phi) is 3.10. The van der Waals surface area contributed by atoms with Gasteiger partial charge in [-0.1, -0.05) is 0 Å². The number of hydrogen-bond donors (Lipinski definition) is 1. The van der Waals surface area contributed by atoms with Gasteiger partial charge in [0, 0.05) is 6.20 Å². The van der Waals surface area contributed by atoms with E-state index in [2.05, 4.69) is 9.71 Å². The van der Waals surface area contributed by atoms with Crippen LogP contribution in [0.2, 0.25) is 0 Å². The first-order valence-corrected chi connectivity index (χ1v) is 6.03. The first-order chi connectivity index (χ1) is 6.44. The van der Waals surface area contributed by atoms with E-state index in [1.54, 1.807) is 26.1 Å². The molecular weight excluding hydrogens is 200 g/mol. The van der Waals surface area contributed by atoms with Gasteiger partial charge in [0.2, 0.25) is 10.0 Å². The molecule has 0 saturated heterocycles. The number of rotatable bonds is 3. The minimum Gasteiger partial charge on any atom is -0.282 e. The van der Waals surface area contributed by atoms with Gasteiger partial charge in [-0.15, -0.1) is 0 Å². The summed E-state index contributed by atoms with van der Waals surface area (Å²) in [5.74, 6) is 0.0698. The monoisotopic (exact) mass is 214 g/mol. The lowest BCUT2D eigenvalue weighted by Gasteiger charge is -2.08. The molecule has 0 atom stereocenters. The largest absolute Gasteiger partial charge is 0.282 e. The van der Waals surface area contributed by atoms with Crippen molar-refractivity contribution in [2.24, 2.45) is 0 Å². The van der Waals surface area contributed by atoms with Crippen molar-refractivity contribution in [3.63, 3.8) is 0 Å². The summed E-state index contributed by atoms with van der Waals surface area (Å²) >= 11 is 0. The fourth-order valence-electron chi connectivity index (χ4n) is 0.981. The molecule has 1 N–H and O–H groups in total. The van der Waals surface area contributed by atoms with E-state index in [0.717, 1.165) is 5.56 Å². The predicted octanol–water partition coefficient (Wildman–Crippen LogP) is 1.46. The fourth-order valence-corrected chi connectivity index (χ4v) is 1.67. The van der Waals surface area contributed by atoms with Gasteiger partial charge in [-0.2, -0.15) is 0 Å². The highest BCUT2D eigenvalue weighted by Crippen LogP contribution is 2.14. The zero-order valence-electron chi connectivity index (χ0n) is 8.53. The average Bonchev–Trinajstić information content (AvgIpc) is 2.11. The molecule has 0 aliphatic rings. The Morgan fingerprint density at radius 3 is 2.64 bits per heavy atom. The Hall–Kier alpha value is -1.10. The van der Waals surface area contributed by atoms with Crippen molar-refractivity contribution in [2.75, 3.05) is 10.5 Å². The first kappa shape index (κ1) is 11.0. The van der Waals surface area contributed by atoms with Gasteiger partial charge in [-0.05, 0) is 32.4 Å². The summed E-state index contributed by atoms with van der Waals surface area (Å²) in [7, 11) is -3.20. The van der Waals surface area contributed by atoms with Crippen molar-refractivity contribution in [1.82, 2.24) is 4.98 Å². The molecule has 78 valence electrons. The average molecular weight is 214 g/mol. The molecule has 1 aromatic rings. The standard InChI is InChI=1S/C9H14N2O2S/c1-4-14(12,13)11-9-5-7(2)6-10-8(9)3/h5-6,11H,4H2,1-3H3. The van der Waals surface area contributed by atoms with E-state index < -0.39 is 10.0 Å². The van der Waals surface area contributed by atoms with E-state index >= 15 is 0 Å². The Balaban J connectivity index is 3.03. The van der Waals surface area contributed by atoms with Crippen LogP contribution < -0.4 is 4.72 Å². The number of pyridine rings is 1. The molecule has 0 spiro atoms. The maximum atomic E-state index is 11.3. The second-order valence-electron chi connectivity index (χ2n) is 3.15. The Morgan fingerprint density at radius 2 is 2.07 bits per heavy atom. The summed E-state index contributed by atoms with van der Waals surface area (Å²) in [6, 6.07) is 1.77. The molecule has 0 radical (unpaired) electrons. The van der Waals surface area contributed by atoms with Crippen LogP contribution in [0.5, 0.6) is 0 Å². The number of nitrogens with one attached hydrogen (secondary N) is 1. The van der Waals surface area contributed by atoms with Crippen LogP contribution in [0, 0.1) is 13.8 Å². The SMILES string of the molecule is CCS(=O)(=O)Nc1cc(C)cnc1C. The van der Waals surface area contributed by atoms with E-state index in [4.69, 9.17) is 0 Å². The highest BCUT2D eigenvalue weighted by atomic mass is 32.2. The number of hydrogen-bond acceptors (Lipinski definition) is 3. The highest BCUT2D eigenvalue weighted by molar-refractivity contribution is 7.92. The van der Waals surface area contributed by atoms with Gasteiger partial charge in [0.05, 0.1) is 17.1 Å². The molecule has 0 aliphatic carbocycles. The quantitative estimate of drug-likeness (QED) is 0.828. The van der Waals surface area contributed by atoms with Crippen molar-refractivity contribution in [2.45, 2.75) is 20.8 Å². The molecule has 4 nitrogen and oxygen atoms in total. The Bertz CT molecular complexity index is 426. The number of aromatic nitrogens is 1. The topological polar surface area (TPSA) is 59.1 Å². The summed E-state index contributed by atoms with van der Waals surface area (Å²) in [6.07, 6.45) is 1.71. The third-order valence-corrected chi connectivity index (χ3v) is 3.16. The van der Waals surface area contributed by atoms with Crippen LogP contribution in [0.1, 0.15) is 18.2 Å². The van der Waals surface area contributed by atoms with Crippen molar-refractivity contribution < 1.29 is 8.42 Å². The van der Waals surface area contributed by atoms with Gasteiger partial charge in [-0.3, -0.25) is 9.71 Å². The fraction of sp³-hybridized carbons (Fsp3) is 0.444. The van der Waals surface area contributed by atoms with Crippen molar-refractivity contribution in [3.8, 4) is 0 Å². The molecule has 1 aromatic heterocycles. The van der Waals surface area contributed by atoms with Crippen LogP contribution in [0.3, 0.4) is 0 Å². The molecule has 0 unspecified atom stereocenters. The second kappa shape index (κ2) is 3.96. The molecule has 14 heavy (non-hydrogen) atoms. The summed E-state index contributed by atoms with van der Waals surface area (Å²) in [6.45, 7) is 5.24. The lowest BCUT2D eigenvalue weighted by atomic mass is 10.2. The Morgan fingerprint density at radius 1 is 1.43 bits per heavy atom. The van der Waals surface area contributed by atoms with Gasteiger partial charge in [-0.25, -0.2) is 8.42 Å². The number of nitrogens with zero attached hydrogens (tertiary/aromatic N) is 1. The molecule has 0 fully saturated rings. The van der Waals surface area contributed by atoms with Gasteiger partial charge < -0.3 is 0 Å². The number of anilines is 1. The van der Waals surface area contributed by atoms with Crippen LogP contribution in [-0.4, -0.2) is 19.2 Å². The molecule has 0 bridgehead atoms. The van der Waals surface area contributed by atoms with E-state index in [-0.39, 0.29) is 5.75 Å². The third kappa shape index (κ3) is 2.70. The lowest BCUT2D eigenvalue weighted by Crippen LogP contribution is -2.15. The minimum atomic E-state index is -3.20. The van der Waals surface area contributed by atoms with Crippen molar-refractivity contribution in [3.05, 3.63) is 23.5 Å². The lowest BCUT2D eigenvalue weighted by molar-refractivity contribution is 0.602. The first-order valence-electron chi connectivity index (χ1n) is 4.38. The van der Waals surface area contributed by atoms with Crippen LogP contribution >= 0.6 is 0 Å². The maximum Gasteiger partial charge on any atom is 0.232 e. The van der Waals surface area contributed by atoms with E-state index in [1.807, 2.05) is 6.92 Å². The van der Waals surface area contributed by atoms with E-state index in [0.29, 0.717) is 11.4 Å². The Labute approximate surface area is 84.4 Å². The van der Waals surface area contributed by atoms with Crippen molar-refractivity contribution >= 4 is 15.7 Å². The normalized spacial score (nSPS) is 11.4. The third-order valence-electron chi connectivity index (χ3n) is 1.87. The highest BCUT2D eigenvalue weighted by Gasteiger charge is 2.08. The second-order valence-corrected chi connectivity index (χ2v) is 5.16. The molecule has 0 amide bonds. The smallest absolute Gasteiger partial charge is 0.232 e. The van der Waals surface area contributed by atoms with Crippen molar-refractivity contribution in [1.29, 1.82) is 0 Å². The van der Waals surface area contributed by atoms with Gasteiger partial charge >= 0.3 is 0 Å². The summed E-state index contributed by atoms with van der Waals surface area (Å²) in [5, 5.41) is 0. The molecule has 1 rings (SSSR count). The van der Waals surface area contributed by atoms with E-state index in [9.17, 15) is 8.42 Å². The summed E-state index contributed by atoms with van der Waals surface area (Å²) < 4.78 is 25.1. The maximum absolute atomic E-state index is 11.3. The zero-order chi connectivity index (χ0) is 10.8. The molecule has 0 aliphatic heterocycles. The molecule has 0 saturated carbocycles. The van der Waals surface area contributed by atoms with Crippen LogP contribution in [0.4, 0.5) is 5.69 Å². The van der Waals surface area contributed by atoms with E-state index in [1.165, 1.54) is 0 Å². The van der Waals surface area contributed by atoms with Gasteiger partial charge in [0.15, 0.2) is 0 Å². The molecule has 1 heterocycles. The van der Waals surface area contributed by atoms with Gasteiger partial charge in [0.1, 0.15) is 0 Å². The minimum absolute atomic E-state index is 0.0698. The molecular formula is C9H14N2O2S.